The summed E-state index contributed by atoms with van der Waals surface area (Å²) in [6.07, 6.45) is 4.72. The van der Waals surface area contributed by atoms with Gasteiger partial charge < -0.3 is 9.88 Å². The van der Waals surface area contributed by atoms with Crippen LogP contribution in [0.25, 0.3) is 0 Å². The van der Waals surface area contributed by atoms with E-state index in [1.54, 1.807) is 6.07 Å². The Morgan fingerprint density at radius 3 is 3.00 bits per heavy atom. The van der Waals surface area contributed by atoms with Crippen LogP contribution in [0.3, 0.4) is 0 Å². The smallest absolute Gasteiger partial charge is 0.139 e. The molecule has 5 heteroatoms. The quantitative estimate of drug-likeness (QED) is 0.910. The number of aromatic nitrogens is 2. The summed E-state index contributed by atoms with van der Waals surface area (Å²) in [5.41, 5.74) is 1.86. The highest BCUT2D eigenvalue weighted by Gasteiger charge is 2.03. The third kappa shape index (κ3) is 3.10. The molecule has 3 nitrogen and oxygen atoms in total. The van der Waals surface area contributed by atoms with Crippen molar-refractivity contribution in [3.63, 3.8) is 0 Å². The number of hydrogen-bond donors (Lipinski definition) is 1. The number of benzene rings is 1. The Kier molecular flexibility index (Phi) is 4.36. The van der Waals surface area contributed by atoms with Gasteiger partial charge >= 0.3 is 0 Å². The Morgan fingerprint density at radius 2 is 2.28 bits per heavy atom. The van der Waals surface area contributed by atoms with Gasteiger partial charge in [0, 0.05) is 18.4 Å². The molecule has 18 heavy (non-hydrogen) atoms. The second-order valence-corrected chi connectivity index (χ2v) is 4.92. The van der Waals surface area contributed by atoms with Crippen molar-refractivity contribution in [1.29, 1.82) is 0 Å². The maximum atomic E-state index is 13.3. The Balaban J connectivity index is 2.02. The third-order valence-corrected chi connectivity index (χ3v) is 3.30. The summed E-state index contributed by atoms with van der Waals surface area (Å²) in [5.74, 6) is -0.262. The van der Waals surface area contributed by atoms with Crippen LogP contribution in [0.4, 0.5) is 10.1 Å². The number of imidazole rings is 1. The van der Waals surface area contributed by atoms with E-state index in [-0.39, 0.29) is 5.82 Å². The van der Waals surface area contributed by atoms with Gasteiger partial charge in [0.05, 0.1) is 23.0 Å². The van der Waals surface area contributed by atoms with Gasteiger partial charge in [-0.3, -0.25) is 0 Å². The number of nitrogens with one attached hydrogen (secondary N) is 1. The van der Waals surface area contributed by atoms with E-state index in [1.165, 1.54) is 6.07 Å². The van der Waals surface area contributed by atoms with E-state index in [0.29, 0.717) is 11.0 Å². The van der Waals surface area contributed by atoms with Crippen molar-refractivity contribution in [2.75, 3.05) is 5.32 Å². The van der Waals surface area contributed by atoms with E-state index in [1.807, 2.05) is 18.6 Å². The fourth-order valence-corrected chi connectivity index (χ4v) is 1.98. The second kappa shape index (κ2) is 6.00. The lowest BCUT2D eigenvalue weighted by molar-refractivity contribution is 0.621. The Labute approximate surface area is 114 Å². The highest BCUT2D eigenvalue weighted by atomic mass is 79.9. The lowest BCUT2D eigenvalue weighted by Crippen LogP contribution is -2.07. The van der Waals surface area contributed by atoms with Gasteiger partial charge in [0.25, 0.3) is 0 Å². The predicted molar refractivity (Wildman–Crippen MR) is 73.9 cm³/mol. The van der Waals surface area contributed by atoms with Crippen molar-refractivity contribution >= 4 is 21.6 Å². The van der Waals surface area contributed by atoms with Crippen LogP contribution in [-0.4, -0.2) is 9.55 Å². The number of nitrogens with zero attached hydrogens (tertiary/aromatic N) is 2. The monoisotopic (exact) mass is 311 g/mol. The molecule has 96 valence electrons. The summed E-state index contributed by atoms with van der Waals surface area (Å²) in [5, 5.41) is 3.19. The van der Waals surface area contributed by atoms with Crippen LogP contribution in [0.2, 0.25) is 0 Å². The maximum absolute atomic E-state index is 13.3. The van der Waals surface area contributed by atoms with Gasteiger partial charge in [0.15, 0.2) is 0 Å². The predicted octanol–water partition coefficient (Wildman–Crippen LogP) is 3.81. The number of rotatable bonds is 5. The molecule has 2 aromatic rings. The van der Waals surface area contributed by atoms with Gasteiger partial charge in [-0.25, -0.2) is 9.37 Å². The van der Waals surface area contributed by atoms with Crippen molar-refractivity contribution in [1.82, 2.24) is 9.55 Å². The molecule has 2 rings (SSSR count). The van der Waals surface area contributed by atoms with Gasteiger partial charge in [-0.15, -0.1) is 0 Å². The molecule has 0 aliphatic heterocycles. The zero-order valence-electron chi connectivity index (χ0n) is 10.2. The van der Waals surface area contributed by atoms with E-state index < -0.39 is 0 Å². The van der Waals surface area contributed by atoms with Crippen molar-refractivity contribution in [3.8, 4) is 0 Å². The lowest BCUT2D eigenvalue weighted by Gasteiger charge is -2.09. The fraction of sp³-hybridized carbons (Fsp3) is 0.308. The molecule has 0 radical (unpaired) electrons. The molecule has 0 fully saturated rings. The van der Waals surface area contributed by atoms with E-state index in [0.717, 1.165) is 24.3 Å². The minimum atomic E-state index is -0.262. The van der Waals surface area contributed by atoms with Gasteiger partial charge in [-0.1, -0.05) is 6.92 Å². The SMILES string of the molecule is CCCn1cncc1CNc1ccc(Br)c(F)c1. The largest absolute Gasteiger partial charge is 0.379 e. The molecular formula is C13H15BrFN3. The minimum Gasteiger partial charge on any atom is -0.379 e. The molecule has 0 saturated heterocycles. The van der Waals surface area contributed by atoms with Gasteiger partial charge in [0.1, 0.15) is 5.82 Å². The molecule has 0 spiro atoms. The van der Waals surface area contributed by atoms with Crippen LogP contribution in [0.5, 0.6) is 0 Å². The number of anilines is 1. The summed E-state index contributed by atoms with van der Waals surface area (Å²) in [6.45, 7) is 3.72. The van der Waals surface area contributed by atoms with Crippen LogP contribution in [0, 0.1) is 5.82 Å². The van der Waals surface area contributed by atoms with Crippen LogP contribution in [-0.2, 0) is 13.1 Å². The average Bonchev–Trinajstić information content (AvgIpc) is 2.79. The standard InChI is InChI=1S/C13H15BrFN3/c1-2-5-18-9-16-7-11(18)8-17-10-3-4-12(14)13(15)6-10/h3-4,6-7,9,17H,2,5,8H2,1H3. The van der Waals surface area contributed by atoms with E-state index in [2.05, 4.69) is 37.7 Å². The van der Waals surface area contributed by atoms with E-state index in [9.17, 15) is 4.39 Å². The van der Waals surface area contributed by atoms with E-state index >= 15 is 0 Å². The normalized spacial score (nSPS) is 10.6. The number of hydrogen-bond acceptors (Lipinski definition) is 2. The highest BCUT2D eigenvalue weighted by Crippen LogP contribution is 2.19. The molecule has 0 saturated carbocycles. The molecule has 0 bridgehead atoms. The molecular weight excluding hydrogens is 297 g/mol. The number of halogens is 2. The third-order valence-electron chi connectivity index (χ3n) is 2.66. The first kappa shape index (κ1) is 13.1. The molecule has 1 aromatic carbocycles. The second-order valence-electron chi connectivity index (χ2n) is 4.06. The molecule has 0 aliphatic rings. The number of aryl methyl sites for hydroxylation is 1. The zero-order chi connectivity index (χ0) is 13.0. The molecule has 1 aromatic heterocycles. The first-order valence-electron chi connectivity index (χ1n) is 5.88. The molecule has 1 N–H and O–H groups in total. The Bertz CT molecular complexity index is 525. The summed E-state index contributed by atoms with van der Waals surface area (Å²) in [7, 11) is 0. The van der Waals surface area contributed by atoms with Crippen molar-refractivity contribution in [2.24, 2.45) is 0 Å². The van der Waals surface area contributed by atoms with Crippen LogP contribution in [0.1, 0.15) is 19.0 Å². The lowest BCUT2D eigenvalue weighted by atomic mass is 10.3. The minimum absolute atomic E-state index is 0.262. The van der Waals surface area contributed by atoms with Crippen LogP contribution < -0.4 is 5.32 Å². The molecule has 0 aliphatic carbocycles. The fourth-order valence-electron chi connectivity index (χ4n) is 1.74. The topological polar surface area (TPSA) is 29.9 Å². The van der Waals surface area contributed by atoms with Crippen molar-refractivity contribution < 1.29 is 4.39 Å². The maximum Gasteiger partial charge on any atom is 0.139 e. The van der Waals surface area contributed by atoms with Crippen molar-refractivity contribution in [2.45, 2.75) is 26.4 Å². The molecule has 0 amide bonds. The summed E-state index contributed by atoms with van der Waals surface area (Å²) in [4.78, 5) is 4.13. The summed E-state index contributed by atoms with van der Waals surface area (Å²) >= 11 is 3.13. The van der Waals surface area contributed by atoms with Crippen molar-refractivity contribution in [3.05, 3.63) is 46.7 Å². The summed E-state index contributed by atoms with van der Waals surface area (Å²) in [6, 6.07) is 5.01. The molecule has 0 atom stereocenters. The van der Waals surface area contributed by atoms with Gasteiger partial charge in [-0.2, -0.15) is 0 Å². The average molecular weight is 312 g/mol. The Morgan fingerprint density at radius 1 is 1.44 bits per heavy atom. The highest BCUT2D eigenvalue weighted by molar-refractivity contribution is 9.10. The van der Waals surface area contributed by atoms with Gasteiger partial charge in [0.2, 0.25) is 0 Å². The molecule has 1 heterocycles. The van der Waals surface area contributed by atoms with E-state index in [4.69, 9.17) is 0 Å². The molecule has 0 unspecified atom stereocenters. The van der Waals surface area contributed by atoms with Crippen LogP contribution >= 0.6 is 15.9 Å². The summed E-state index contributed by atoms with van der Waals surface area (Å²) < 4.78 is 15.9. The Hall–Kier alpha value is -1.36. The van der Waals surface area contributed by atoms with Crippen LogP contribution in [0.15, 0.2) is 35.2 Å². The van der Waals surface area contributed by atoms with Gasteiger partial charge in [-0.05, 0) is 40.5 Å². The first-order chi connectivity index (χ1) is 8.70. The zero-order valence-corrected chi connectivity index (χ0v) is 11.7. The first-order valence-corrected chi connectivity index (χ1v) is 6.68.